The first-order valence-corrected chi connectivity index (χ1v) is 8.81. The van der Waals surface area contributed by atoms with Crippen molar-refractivity contribution in [3.8, 4) is 0 Å². The summed E-state index contributed by atoms with van der Waals surface area (Å²) in [6.45, 7) is 17.9. The fourth-order valence-electron chi connectivity index (χ4n) is 3.13. The molecule has 24 heavy (non-hydrogen) atoms. The molecule has 1 amide bonds. The summed E-state index contributed by atoms with van der Waals surface area (Å²) >= 11 is 0. The molecule has 2 aliphatic heterocycles. The predicted molar refractivity (Wildman–Crippen MR) is 95.8 cm³/mol. The number of carbonyl (C=O) groups excluding carboxylic acids is 1. The van der Waals surface area contributed by atoms with Crippen LogP contribution in [0.25, 0.3) is 0 Å². The smallest absolute Gasteiger partial charge is 0.444 e. The first kappa shape index (κ1) is 19.3. The zero-order valence-electron chi connectivity index (χ0n) is 16.6. The third kappa shape index (κ3) is 3.80. The van der Waals surface area contributed by atoms with E-state index in [0.29, 0.717) is 0 Å². The summed E-state index contributed by atoms with van der Waals surface area (Å²) in [4.78, 5) is 14.3. The van der Waals surface area contributed by atoms with Crippen LogP contribution >= 0.6 is 0 Å². The third-order valence-corrected chi connectivity index (χ3v) is 5.06. The van der Waals surface area contributed by atoms with Gasteiger partial charge in [0.15, 0.2) is 0 Å². The molecule has 2 atom stereocenters. The first-order valence-electron chi connectivity index (χ1n) is 8.81. The molecule has 0 aliphatic carbocycles. The first-order chi connectivity index (χ1) is 10.7. The van der Waals surface area contributed by atoms with Crippen molar-refractivity contribution in [1.82, 2.24) is 4.90 Å². The maximum Gasteiger partial charge on any atom is 0.490 e. The van der Waals surface area contributed by atoms with Gasteiger partial charge in [-0.2, -0.15) is 0 Å². The summed E-state index contributed by atoms with van der Waals surface area (Å²) in [5, 5.41) is 0. The number of carbonyl (C=O) groups is 1. The van der Waals surface area contributed by atoms with E-state index in [9.17, 15) is 4.79 Å². The van der Waals surface area contributed by atoms with Crippen LogP contribution in [0.15, 0.2) is 11.5 Å². The van der Waals surface area contributed by atoms with Gasteiger partial charge in [0.2, 0.25) is 0 Å². The van der Waals surface area contributed by atoms with Crippen LogP contribution in [-0.4, -0.2) is 47.0 Å². The van der Waals surface area contributed by atoms with E-state index in [2.05, 4.69) is 33.8 Å². The molecule has 1 fully saturated rings. The molecule has 136 valence electrons. The summed E-state index contributed by atoms with van der Waals surface area (Å²) in [6.07, 6.45) is 2.53. The van der Waals surface area contributed by atoms with Gasteiger partial charge < -0.3 is 14.0 Å². The van der Waals surface area contributed by atoms with E-state index in [0.717, 1.165) is 11.9 Å². The highest BCUT2D eigenvalue weighted by Crippen LogP contribution is 2.40. The van der Waals surface area contributed by atoms with Crippen LogP contribution in [0.1, 0.15) is 68.7 Å². The molecule has 5 nitrogen and oxygen atoms in total. The Morgan fingerprint density at radius 2 is 1.71 bits per heavy atom. The Balaban J connectivity index is 2.15. The Kier molecular flexibility index (Phi) is 4.88. The van der Waals surface area contributed by atoms with E-state index < -0.39 is 5.60 Å². The molecule has 0 bridgehead atoms. The van der Waals surface area contributed by atoms with E-state index in [1.54, 1.807) is 4.90 Å². The monoisotopic (exact) mass is 337 g/mol. The molecule has 0 aromatic heterocycles. The van der Waals surface area contributed by atoms with Crippen molar-refractivity contribution in [1.29, 1.82) is 0 Å². The second kappa shape index (κ2) is 6.06. The van der Waals surface area contributed by atoms with Gasteiger partial charge in [0.1, 0.15) is 5.60 Å². The largest absolute Gasteiger partial charge is 0.490 e. The van der Waals surface area contributed by atoms with Crippen LogP contribution in [0.2, 0.25) is 0 Å². The van der Waals surface area contributed by atoms with Crippen LogP contribution in [0.3, 0.4) is 0 Å². The fraction of sp³-hybridized carbons (Fsp3) is 0.833. The summed E-state index contributed by atoms with van der Waals surface area (Å²) in [6, 6.07) is -0.0218. The summed E-state index contributed by atoms with van der Waals surface area (Å²) < 4.78 is 17.8. The minimum atomic E-state index is -0.494. The quantitative estimate of drug-likeness (QED) is 0.680. The van der Waals surface area contributed by atoms with Gasteiger partial charge in [-0.1, -0.05) is 6.08 Å². The van der Waals surface area contributed by atoms with Gasteiger partial charge in [-0.25, -0.2) is 4.79 Å². The minimum absolute atomic E-state index is 0.0360. The average molecular weight is 337 g/mol. The SMILES string of the molecule is C[C@H]1C=C(B2OC(C)(C)C(C)(C)O2)C[C@H](C)N1C(=O)OC(C)(C)C. The standard InChI is InChI=1S/C18H32BNO4/c1-12-10-14(19-23-17(6,7)18(8,9)24-19)11-13(2)20(12)15(21)22-16(3,4)5/h10,12-13H,11H2,1-9H3/t12-,13-/m0/s1. The lowest BCUT2D eigenvalue weighted by atomic mass is 9.72. The number of nitrogens with zero attached hydrogens (tertiary/aromatic N) is 1. The second-order valence-corrected chi connectivity index (χ2v) is 9.01. The zero-order chi connectivity index (χ0) is 18.5. The van der Waals surface area contributed by atoms with Crippen molar-refractivity contribution in [2.45, 2.75) is 97.6 Å². The highest BCUT2D eigenvalue weighted by Gasteiger charge is 2.53. The van der Waals surface area contributed by atoms with Gasteiger partial charge in [0.05, 0.1) is 17.2 Å². The molecule has 0 aromatic rings. The fourth-order valence-corrected chi connectivity index (χ4v) is 3.13. The van der Waals surface area contributed by atoms with Crippen LogP contribution in [0.5, 0.6) is 0 Å². The lowest BCUT2D eigenvalue weighted by molar-refractivity contribution is 0.00578. The van der Waals surface area contributed by atoms with E-state index >= 15 is 0 Å². The highest BCUT2D eigenvalue weighted by atomic mass is 16.7. The number of rotatable bonds is 1. The van der Waals surface area contributed by atoms with Crippen molar-refractivity contribution in [3.63, 3.8) is 0 Å². The number of amides is 1. The van der Waals surface area contributed by atoms with Gasteiger partial charge in [-0.05, 0) is 74.2 Å². The van der Waals surface area contributed by atoms with E-state index in [4.69, 9.17) is 14.0 Å². The molecule has 0 aromatic carbocycles. The van der Waals surface area contributed by atoms with Gasteiger partial charge in [0.25, 0.3) is 0 Å². The summed E-state index contributed by atoms with van der Waals surface area (Å²) in [7, 11) is -0.347. The molecule has 0 spiro atoms. The molecule has 0 radical (unpaired) electrons. The molecular formula is C18H32BNO4. The van der Waals surface area contributed by atoms with Crippen LogP contribution in [-0.2, 0) is 14.0 Å². The van der Waals surface area contributed by atoms with Crippen molar-refractivity contribution in [3.05, 3.63) is 11.5 Å². The number of hydrogen-bond acceptors (Lipinski definition) is 4. The lowest BCUT2D eigenvalue weighted by Gasteiger charge is -2.39. The van der Waals surface area contributed by atoms with Gasteiger partial charge >= 0.3 is 13.2 Å². The Hall–Kier alpha value is -1.01. The maximum absolute atomic E-state index is 12.5. The summed E-state index contributed by atoms with van der Waals surface area (Å²) in [5.41, 5.74) is -0.0965. The summed E-state index contributed by atoms with van der Waals surface area (Å²) in [5.74, 6) is 0. The van der Waals surface area contributed by atoms with Gasteiger partial charge in [0, 0.05) is 6.04 Å². The molecular weight excluding hydrogens is 305 g/mol. The zero-order valence-corrected chi connectivity index (χ0v) is 16.6. The highest BCUT2D eigenvalue weighted by molar-refractivity contribution is 6.54. The molecule has 6 heteroatoms. The molecule has 2 rings (SSSR count). The normalized spacial score (nSPS) is 29.5. The van der Waals surface area contributed by atoms with Crippen LogP contribution in [0, 0.1) is 0 Å². The second-order valence-electron chi connectivity index (χ2n) is 9.01. The van der Waals surface area contributed by atoms with E-state index in [-0.39, 0.29) is 36.5 Å². The van der Waals surface area contributed by atoms with E-state index in [1.807, 2.05) is 34.6 Å². The van der Waals surface area contributed by atoms with Gasteiger partial charge in [-0.3, -0.25) is 4.90 Å². The molecule has 0 N–H and O–H groups in total. The van der Waals surface area contributed by atoms with Gasteiger partial charge in [-0.15, -0.1) is 0 Å². The molecule has 0 saturated carbocycles. The topological polar surface area (TPSA) is 48.0 Å². The Bertz CT molecular complexity index is 520. The van der Waals surface area contributed by atoms with Crippen LogP contribution in [0.4, 0.5) is 4.79 Å². The number of ether oxygens (including phenoxy) is 1. The van der Waals surface area contributed by atoms with Crippen molar-refractivity contribution in [2.75, 3.05) is 0 Å². The molecule has 0 unspecified atom stereocenters. The van der Waals surface area contributed by atoms with Crippen molar-refractivity contribution >= 4 is 13.2 Å². The Morgan fingerprint density at radius 1 is 1.21 bits per heavy atom. The molecule has 2 heterocycles. The van der Waals surface area contributed by atoms with Crippen molar-refractivity contribution in [2.24, 2.45) is 0 Å². The average Bonchev–Trinajstić information content (AvgIpc) is 2.55. The molecule has 2 aliphatic rings. The lowest BCUT2D eigenvalue weighted by Crippen LogP contribution is -2.50. The predicted octanol–water partition coefficient (Wildman–Crippen LogP) is 3.96. The maximum atomic E-state index is 12.5. The molecule has 1 saturated heterocycles. The van der Waals surface area contributed by atoms with Crippen molar-refractivity contribution < 1.29 is 18.8 Å². The third-order valence-electron chi connectivity index (χ3n) is 5.06. The number of hydrogen-bond donors (Lipinski definition) is 0. The Labute approximate surface area is 146 Å². The Morgan fingerprint density at radius 3 is 2.12 bits per heavy atom. The van der Waals surface area contributed by atoms with E-state index in [1.165, 1.54) is 0 Å². The minimum Gasteiger partial charge on any atom is -0.444 e. The van der Waals surface area contributed by atoms with Crippen LogP contribution < -0.4 is 0 Å².